The summed E-state index contributed by atoms with van der Waals surface area (Å²) in [6, 6.07) is 10.9. The molecule has 1 fully saturated rings. The van der Waals surface area contributed by atoms with Crippen LogP contribution in [-0.4, -0.2) is 57.9 Å². The van der Waals surface area contributed by atoms with Gasteiger partial charge in [-0.15, -0.1) is 0 Å². The van der Waals surface area contributed by atoms with Crippen molar-refractivity contribution in [3.8, 4) is 11.1 Å². The quantitative estimate of drug-likeness (QED) is 0.455. The number of carbonyl (C=O) groups is 1. The number of sulfone groups is 1. The molecule has 35 heavy (non-hydrogen) atoms. The van der Waals surface area contributed by atoms with Crippen LogP contribution in [0.15, 0.2) is 47.4 Å². The second kappa shape index (κ2) is 9.23. The molecule has 0 aliphatic carbocycles. The lowest BCUT2D eigenvalue weighted by molar-refractivity contribution is -0.0885. The molecule has 2 aromatic carbocycles. The van der Waals surface area contributed by atoms with E-state index in [1.807, 2.05) is 6.07 Å². The van der Waals surface area contributed by atoms with Gasteiger partial charge in [0.25, 0.3) is 5.78 Å². The van der Waals surface area contributed by atoms with E-state index in [0.717, 1.165) is 37.9 Å². The van der Waals surface area contributed by atoms with Crippen LogP contribution < -0.4 is 4.90 Å². The minimum absolute atomic E-state index is 0.0294. The van der Waals surface area contributed by atoms with Gasteiger partial charge in [-0.25, -0.2) is 8.42 Å². The number of Topliss-reactive ketones (excluding diaryl/α,β-unsaturated/α-hetero) is 1. The lowest BCUT2D eigenvalue weighted by atomic mass is 9.91. The van der Waals surface area contributed by atoms with E-state index in [1.165, 1.54) is 31.2 Å². The van der Waals surface area contributed by atoms with Gasteiger partial charge in [0.15, 0.2) is 9.84 Å². The summed E-state index contributed by atoms with van der Waals surface area (Å²) in [5, 5.41) is 0.390. The smallest absolute Gasteiger partial charge is 0.381 e. The summed E-state index contributed by atoms with van der Waals surface area (Å²) in [5.74, 6) is -1.99. The zero-order chi connectivity index (χ0) is 25.5. The average Bonchev–Trinajstić information content (AvgIpc) is 2.81. The lowest BCUT2D eigenvalue weighted by Crippen LogP contribution is -2.36. The molecule has 0 bridgehead atoms. The summed E-state index contributed by atoms with van der Waals surface area (Å²) in [7, 11) is -1.83. The fourth-order valence-electron chi connectivity index (χ4n) is 4.51. The summed E-state index contributed by atoms with van der Waals surface area (Å²) in [6.45, 7) is 2.81. The Hall–Kier alpha value is -2.98. The highest BCUT2D eigenvalue weighted by Gasteiger charge is 2.42. The van der Waals surface area contributed by atoms with Gasteiger partial charge in [-0.05, 0) is 55.7 Å². The molecular weight excluding hydrogens is 481 g/mol. The Bertz CT molecular complexity index is 1380. The van der Waals surface area contributed by atoms with Crippen molar-refractivity contribution in [3.63, 3.8) is 0 Å². The molecule has 1 aromatic heterocycles. The van der Waals surface area contributed by atoms with Crippen molar-refractivity contribution in [2.75, 3.05) is 31.4 Å². The molecular formula is C25H25F3N2O4S. The Morgan fingerprint density at radius 3 is 2.26 bits per heavy atom. The third kappa shape index (κ3) is 5.04. The van der Waals surface area contributed by atoms with Crippen molar-refractivity contribution in [3.05, 3.63) is 53.7 Å². The number of alkyl halides is 3. The van der Waals surface area contributed by atoms with Crippen LogP contribution in [0.2, 0.25) is 0 Å². The molecule has 0 saturated carbocycles. The Balaban J connectivity index is 1.94. The minimum atomic E-state index is -5.10. The first-order valence-electron chi connectivity index (χ1n) is 11.0. The topological polar surface area (TPSA) is 76.6 Å². The van der Waals surface area contributed by atoms with Gasteiger partial charge in [0.05, 0.1) is 22.1 Å². The molecule has 1 aliphatic rings. The van der Waals surface area contributed by atoms with E-state index in [9.17, 15) is 26.4 Å². The number of benzene rings is 2. The number of aromatic nitrogens is 1. The number of rotatable bonds is 5. The van der Waals surface area contributed by atoms with E-state index in [0.29, 0.717) is 16.5 Å². The molecule has 0 unspecified atom stereocenters. The van der Waals surface area contributed by atoms with E-state index in [4.69, 9.17) is 4.74 Å². The van der Waals surface area contributed by atoms with Crippen molar-refractivity contribution in [1.29, 1.82) is 0 Å². The van der Waals surface area contributed by atoms with Crippen LogP contribution in [0.5, 0.6) is 0 Å². The molecule has 2 heterocycles. The first-order chi connectivity index (χ1) is 16.4. The zero-order valence-electron chi connectivity index (χ0n) is 19.5. The molecule has 3 aromatic rings. The number of fused-ring (bicyclic) bond motifs is 1. The third-order valence-corrected chi connectivity index (χ3v) is 7.47. The monoisotopic (exact) mass is 506 g/mol. The molecule has 0 spiro atoms. The predicted octanol–water partition coefficient (Wildman–Crippen LogP) is 4.97. The predicted molar refractivity (Wildman–Crippen MR) is 128 cm³/mol. The molecule has 1 aliphatic heterocycles. The Morgan fingerprint density at radius 1 is 1.09 bits per heavy atom. The van der Waals surface area contributed by atoms with E-state index in [1.54, 1.807) is 19.2 Å². The number of pyridine rings is 1. The van der Waals surface area contributed by atoms with E-state index >= 15 is 0 Å². The number of carbonyl (C=O) groups excluding carboxylic acids is 1. The normalized spacial score (nSPS) is 15.5. The van der Waals surface area contributed by atoms with Gasteiger partial charge in [0.1, 0.15) is 0 Å². The number of methoxy groups -OCH3 is 1. The highest BCUT2D eigenvalue weighted by Crippen LogP contribution is 2.38. The molecule has 0 radical (unpaired) electrons. The Labute approximate surface area is 201 Å². The number of anilines is 1. The molecule has 0 atom stereocenters. The molecule has 0 amide bonds. The largest absolute Gasteiger partial charge is 0.454 e. The van der Waals surface area contributed by atoms with Crippen molar-refractivity contribution < 1.29 is 31.1 Å². The number of hydrogen-bond donors (Lipinski definition) is 0. The maximum atomic E-state index is 13.6. The van der Waals surface area contributed by atoms with Gasteiger partial charge in [0, 0.05) is 48.8 Å². The highest BCUT2D eigenvalue weighted by molar-refractivity contribution is 7.90. The van der Waals surface area contributed by atoms with Crippen molar-refractivity contribution in [2.45, 2.75) is 36.9 Å². The molecule has 4 rings (SSSR count). The number of aryl methyl sites for hydroxylation is 1. The molecule has 0 N–H and O–H groups in total. The van der Waals surface area contributed by atoms with Gasteiger partial charge in [-0.3, -0.25) is 9.78 Å². The fourth-order valence-corrected chi connectivity index (χ4v) is 5.14. The van der Waals surface area contributed by atoms with Gasteiger partial charge in [-0.1, -0.05) is 12.1 Å². The van der Waals surface area contributed by atoms with Crippen LogP contribution in [0, 0.1) is 6.92 Å². The van der Waals surface area contributed by atoms with E-state index in [-0.39, 0.29) is 22.3 Å². The number of nitrogens with zero attached hydrogens (tertiary/aromatic N) is 2. The number of ether oxygens (including phenoxy) is 1. The van der Waals surface area contributed by atoms with Gasteiger partial charge in [-0.2, -0.15) is 13.2 Å². The highest BCUT2D eigenvalue weighted by atomic mass is 32.2. The summed E-state index contributed by atoms with van der Waals surface area (Å²) < 4.78 is 70.0. The summed E-state index contributed by atoms with van der Waals surface area (Å²) in [4.78, 5) is 19.0. The molecule has 186 valence electrons. The molecule has 1 saturated heterocycles. The first-order valence-corrected chi connectivity index (χ1v) is 12.9. The van der Waals surface area contributed by atoms with Gasteiger partial charge >= 0.3 is 6.18 Å². The van der Waals surface area contributed by atoms with Crippen LogP contribution in [0.3, 0.4) is 0 Å². The molecule has 6 nitrogen and oxygen atoms in total. The van der Waals surface area contributed by atoms with Crippen LogP contribution in [0.1, 0.15) is 28.9 Å². The second-order valence-electron chi connectivity index (χ2n) is 8.69. The van der Waals surface area contributed by atoms with Crippen molar-refractivity contribution in [1.82, 2.24) is 4.98 Å². The lowest BCUT2D eigenvalue weighted by Gasteiger charge is -2.33. The zero-order valence-corrected chi connectivity index (χ0v) is 20.3. The van der Waals surface area contributed by atoms with Crippen LogP contribution in [0.25, 0.3) is 22.0 Å². The van der Waals surface area contributed by atoms with Gasteiger partial charge in [0.2, 0.25) is 0 Å². The first kappa shape index (κ1) is 25.1. The van der Waals surface area contributed by atoms with E-state index < -0.39 is 27.4 Å². The van der Waals surface area contributed by atoms with Crippen LogP contribution >= 0.6 is 0 Å². The minimum Gasteiger partial charge on any atom is -0.381 e. The number of piperidine rings is 1. The molecule has 10 heteroatoms. The maximum Gasteiger partial charge on any atom is 0.454 e. The Kier molecular flexibility index (Phi) is 6.63. The number of halogens is 3. The maximum absolute atomic E-state index is 13.6. The van der Waals surface area contributed by atoms with E-state index in [2.05, 4.69) is 9.88 Å². The summed E-state index contributed by atoms with van der Waals surface area (Å²) in [6.07, 6.45) is -2.25. The van der Waals surface area contributed by atoms with Crippen molar-refractivity contribution in [2.24, 2.45) is 0 Å². The average molecular weight is 507 g/mol. The van der Waals surface area contributed by atoms with Gasteiger partial charge < -0.3 is 9.64 Å². The number of hydrogen-bond acceptors (Lipinski definition) is 6. The fraction of sp³-hybridized carbons (Fsp3) is 0.360. The standard InChI is InChI=1S/C25H25F3N2O4S/c1-15-22(24(31)25(26,27)28)23(16-4-7-19(8-5-16)35(3,32)33)20-14-17(6-9-21(20)29-15)30-12-10-18(34-2)11-13-30/h4-9,14,18H,10-13H2,1-3H3. The number of ketones is 1. The summed E-state index contributed by atoms with van der Waals surface area (Å²) >= 11 is 0. The SMILES string of the molecule is COC1CCN(c2ccc3nc(C)c(C(=O)C(F)(F)F)c(-c4ccc(S(C)(=O)=O)cc4)c3c2)CC1. The summed E-state index contributed by atoms with van der Waals surface area (Å²) in [5.41, 5.74) is 1.05. The van der Waals surface area contributed by atoms with Crippen molar-refractivity contribution >= 4 is 32.2 Å². The van der Waals surface area contributed by atoms with Crippen LogP contribution in [0.4, 0.5) is 18.9 Å². The van der Waals surface area contributed by atoms with Crippen LogP contribution in [-0.2, 0) is 14.6 Å². The Morgan fingerprint density at radius 2 is 1.71 bits per heavy atom. The second-order valence-corrected chi connectivity index (χ2v) is 10.7. The third-order valence-electron chi connectivity index (χ3n) is 6.35.